The van der Waals surface area contributed by atoms with Gasteiger partial charge in [0.15, 0.2) is 0 Å². The number of pyridine rings is 1. The van der Waals surface area contributed by atoms with E-state index in [2.05, 4.69) is 10.3 Å². The first-order valence-electron chi connectivity index (χ1n) is 9.54. The van der Waals surface area contributed by atoms with Crippen molar-refractivity contribution < 1.29 is 14.3 Å². The lowest BCUT2D eigenvalue weighted by Gasteiger charge is -2.30. The molecule has 5 N–H and O–H groups in total. The highest BCUT2D eigenvalue weighted by Gasteiger charge is 2.26. The summed E-state index contributed by atoms with van der Waals surface area (Å²) in [6, 6.07) is 12.5. The minimum atomic E-state index is -0.567. The highest BCUT2D eigenvalue weighted by Crippen LogP contribution is 2.24. The van der Waals surface area contributed by atoms with Crippen molar-refractivity contribution in [1.29, 1.82) is 0 Å². The molecule has 0 spiro atoms. The number of carbonyl (C=O) groups excluding carboxylic acids is 2. The van der Waals surface area contributed by atoms with Gasteiger partial charge in [0.1, 0.15) is 11.7 Å². The highest BCUT2D eigenvalue weighted by molar-refractivity contribution is 5.94. The van der Waals surface area contributed by atoms with Gasteiger partial charge in [0.05, 0.1) is 6.04 Å². The van der Waals surface area contributed by atoms with E-state index in [1.165, 1.54) is 0 Å². The third-order valence-electron chi connectivity index (χ3n) is 4.97. The molecule has 2 aromatic rings. The van der Waals surface area contributed by atoms with Crippen molar-refractivity contribution in [2.45, 2.75) is 50.3 Å². The number of aromatic nitrogens is 1. The van der Waals surface area contributed by atoms with Gasteiger partial charge in [-0.2, -0.15) is 0 Å². The molecule has 0 unspecified atom stereocenters. The summed E-state index contributed by atoms with van der Waals surface area (Å²) in [7, 11) is 0. The Hall–Kier alpha value is -2.93. The number of hydrogen-bond donors (Lipinski definition) is 3. The van der Waals surface area contributed by atoms with Crippen LogP contribution in [-0.2, 0) is 11.2 Å². The first-order chi connectivity index (χ1) is 13.5. The van der Waals surface area contributed by atoms with Crippen molar-refractivity contribution in [1.82, 2.24) is 10.3 Å². The third-order valence-corrected chi connectivity index (χ3v) is 4.97. The molecule has 1 aromatic carbocycles. The number of hydrogen-bond acceptors (Lipinski definition) is 5. The Morgan fingerprint density at radius 3 is 2.50 bits per heavy atom. The number of nitrogens with two attached hydrogens (primary N) is 2. The fraction of sp³-hybridized carbons (Fsp3) is 0.381. The van der Waals surface area contributed by atoms with E-state index in [-0.39, 0.29) is 29.5 Å². The zero-order chi connectivity index (χ0) is 19.9. The first-order valence-corrected chi connectivity index (χ1v) is 9.54. The number of rotatable bonds is 7. The number of amides is 2. The summed E-state index contributed by atoms with van der Waals surface area (Å²) in [6.07, 6.45) is 5.11. The molecule has 148 valence electrons. The van der Waals surface area contributed by atoms with Crippen LogP contribution in [-0.4, -0.2) is 35.0 Å². The summed E-state index contributed by atoms with van der Waals surface area (Å²) in [5.74, 6) is -0.419. The van der Waals surface area contributed by atoms with Crippen LogP contribution < -0.4 is 21.5 Å². The summed E-state index contributed by atoms with van der Waals surface area (Å²) >= 11 is 0. The van der Waals surface area contributed by atoms with Gasteiger partial charge in [-0.05, 0) is 49.8 Å². The van der Waals surface area contributed by atoms with E-state index in [0.717, 1.165) is 31.2 Å². The van der Waals surface area contributed by atoms with Gasteiger partial charge >= 0.3 is 0 Å². The SMILES string of the molecule is NC(=O)c1cccnc1OC1CCC(NC(=O)[C@@H](N)Cc2ccccc2)CC1. The lowest BCUT2D eigenvalue weighted by Crippen LogP contribution is -2.48. The Bertz CT molecular complexity index is 804. The highest BCUT2D eigenvalue weighted by atomic mass is 16.5. The van der Waals surface area contributed by atoms with Crippen LogP contribution in [0.5, 0.6) is 5.88 Å². The largest absolute Gasteiger partial charge is 0.474 e. The average Bonchev–Trinajstić information content (AvgIpc) is 2.70. The van der Waals surface area contributed by atoms with Crippen LogP contribution >= 0.6 is 0 Å². The van der Waals surface area contributed by atoms with E-state index in [4.69, 9.17) is 16.2 Å². The van der Waals surface area contributed by atoms with E-state index < -0.39 is 11.9 Å². The Balaban J connectivity index is 1.46. The average molecular weight is 382 g/mol. The minimum Gasteiger partial charge on any atom is -0.474 e. The van der Waals surface area contributed by atoms with Crippen molar-refractivity contribution in [3.8, 4) is 5.88 Å². The molecule has 1 atom stereocenters. The summed E-state index contributed by atoms with van der Waals surface area (Å²) in [4.78, 5) is 28.0. The Morgan fingerprint density at radius 1 is 1.11 bits per heavy atom. The summed E-state index contributed by atoms with van der Waals surface area (Å²) in [6.45, 7) is 0. The number of nitrogens with one attached hydrogen (secondary N) is 1. The second kappa shape index (κ2) is 9.32. The van der Waals surface area contributed by atoms with Gasteiger partial charge < -0.3 is 21.5 Å². The lowest BCUT2D eigenvalue weighted by atomic mass is 9.92. The number of benzene rings is 1. The van der Waals surface area contributed by atoms with Crippen LogP contribution in [0.1, 0.15) is 41.6 Å². The standard InChI is InChI=1S/C21H26N4O3/c22-18(13-14-5-2-1-3-6-14)20(27)25-15-8-10-16(11-9-15)28-21-17(19(23)26)7-4-12-24-21/h1-7,12,15-16,18H,8-11,13,22H2,(H2,23,26)(H,25,27)/t15?,16?,18-/m0/s1. The molecule has 0 radical (unpaired) electrons. The monoisotopic (exact) mass is 382 g/mol. The van der Waals surface area contributed by atoms with Gasteiger partial charge in [-0.1, -0.05) is 30.3 Å². The van der Waals surface area contributed by atoms with Crippen LogP contribution in [0, 0.1) is 0 Å². The van der Waals surface area contributed by atoms with E-state index in [9.17, 15) is 9.59 Å². The molecule has 3 rings (SSSR count). The molecule has 7 heteroatoms. The second-order valence-corrected chi connectivity index (χ2v) is 7.12. The molecule has 0 saturated heterocycles. The predicted octanol–water partition coefficient (Wildman–Crippen LogP) is 1.56. The molecule has 0 bridgehead atoms. The Kier molecular flexibility index (Phi) is 6.60. The summed E-state index contributed by atoms with van der Waals surface area (Å²) in [5, 5.41) is 3.04. The zero-order valence-electron chi connectivity index (χ0n) is 15.7. The van der Waals surface area contributed by atoms with Gasteiger partial charge in [-0.25, -0.2) is 4.98 Å². The molecule has 1 fully saturated rings. The topological polar surface area (TPSA) is 120 Å². The maximum absolute atomic E-state index is 12.4. The maximum Gasteiger partial charge on any atom is 0.254 e. The molecule has 1 aliphatic rings. The van der Waals surface area contributed by atoms with Crippen molar-refractivity contribution in [2.75, 3.05) is 0 Å². The van der Waals surface area contributed by atoms with Gasteiger partial charge in [-0.15, -0.1) is 0 Å². The van der Waals surface area contributed by atoms with Crippen LogP contribution in [0.4, 0.5) is 0 Å². The normalized spacial score (nSPS) is 20.2. The number of primary amides is 1. The van der Waals surface area contributed by atoms with Crippen LogP contribution in [0.15, 0.2) is 48.7 Å². The minimum absolute atomic E-state index is 0.0563. The lowest BCUT2D eigenvalue weighted by molar-refractivity contribution is -0.123. The van der Waals surface area contributed by atoms with Crippen LogP contribution in [0.25, 0.3) is 0 Å². The van der Waals surface area contributed by atoms with E-state index >= 15 is 0 Å². The van der Waals surface area contributed by atoms with Gasteiger partial charge in [-0.3, -0.25) is 9.59 Å². The van der Waals surface area contributed by atoms with Crippen LogP contribution in [0.3, 0.4) is 0 Å². The molecule has 7 nitrogen and oxygen atoms in total. The zero-order valence-corrected chi connectivity index (χ0v) is 15.7. The summed E-state index contributed by atoms with van der Waals surface area (Å²) < 4.78 is 5.88. The molecular weight excluding hydrogens is 356 g/mol. The Morgan fingerprint density at radius 2 is 1.82 bits per heavy atom. The maximum atomic E-state index is 12.4. The van der Waals surface area contributed by atoms with E-state index in [0.29, 0.717) is 6.42 Å². The van der Waals surface area contributed by atoms with Gasteiger partial charge in [0.25, 0.3) is 5.91 Å². The van der Waals surface area contributed by atoms with Crippen molar-refractivity contribution in [3.05, 3.63) is 59.8 Å². The Labute approximate surface area is 164 Å². The smallest absolute Gasteiger partial charge is 0.254 e. The predicted molar refractivity (Wildman–Crippen MR) is 106 cm³/mol. The summed E-state index contributed by atoms with van der Waals surface area (Å²) in [5.41, 5.74) is 12.7. The molecular formula is C21H26N4O3. The van der Waals surface area contributed by atoms with Crippen molar-refractivity contribution >= 4 is 11.8 Å². The number of carbonyl (C=O) groups is 2. The molecule has 0 aliphatic heterocycles. The number of nitrogens with zero attached hydrogens (tertiary/aromatic N) is 1. The molecule has 1 saturated carbocycles. The van der Waals surface area contributed by atoms with Crippen molar-refractivity contribution in [3.63, 3.8) is 0 Å². The number of ether oxygens (including phenoxy) is 1. The molecule has 1 aromatic heterocycles. The fourth-order valence-corrected chi connectivity index (χ4v) is 3.42. The molecule has 1 aliphatic carbocycles. The van der Waals surface area contributed by atoms with Crippen molar-refractivity contribution in [2.24, 2.45) is 11.5 Å². The first kappa shape index (κ1) is 19.8. The molecule has 1 heterocycles. The van der Waals surface area contributed by atoms with E-state index in [1.54, 1.807) is 18.3 Å². The third kappa shape index (κ3) is 5.29. The quantitative estimate of drug-likeness (QED) is 0.671. The molecule has 28 heavy (non-hydrogen) atoms. The second-order valence-electron chi connectivity index (χ2n) is 7.12. The van der Waals surface area contributed by atoms with Gasteiger partial charge in [0.2, 0.25) is 11.8 Å². The fourth-order valence-electron chi connectivity index (χ4n) is 3.42. The molecule has 2 amide bonds. The van der Waals surface area contributed by atoms with Crippen LogP contribution in [0.2, 0.25) is 0 Å². The van der Waals surface area contributed by atoms with E-state index in [1.807, 2.05) is 30.3 Å². The van der Waals surface area contributed by atoms with Gasteiger partial charge in [0, 0.05) is 12.2 Å².